The van der Waals surface area contributed by atoms with Gasteiger partial charge in [0.1, 0.15) is 18.0 Å². The molecule has 334 valence electrons. The van der Waals surface area contributed by atoms with Crippen LogP contribution in [-0.4, -0.2) is 90.0 Å². The van der Waals surface area contributed by atoms with E-state index in [-0.39, 0.29) is 73.6 Å². The molecular weight excluding hydrogens is 924 g/mol. The monoisotopic (exact) mass is 978 g/mol. The Balaban J connectivity index is 0.000000339. The van der Waals surface area contributed by atoms with E-state index in [1.807, 2.05) is 6.07 Å². The summed E-state index contributed by atoms with van der Waals surface area (Å²) in [6.45, 7) is 20.5. The fraction of sp³-hybridized carbons (Fsp3) is 0.422. The molecule has 63 heavy (non-hydrogen) atoms. The Morgan fingerprint density at radius 1 is 0.698 bits per heavy atom. The summed E-state index contributed by atoms with van der Waals surface area (Å²) in [5.41, 5.74) is 11.4. The molecule has 0 saturated heterocycles. The van der Waals surface area contributed by atoms with Gasteiger partial charge in [-0.15, -0.1) is 18.7 Å². The molecule has 0 atom stereocenters. The topological polar surface area (TPSA) is 191 Å². The number of aryl methyl sites for hydroxylation is 1. The maximum Gasteiger partial charge on any atom is 1.00 e. The number of alkyl halides is 1. The number of nitrogens with one attached hydrogen (secondary N) is 1. The molecule has 15 nitrogen and oxygen atoms in total. The van der Waals surface area contributed by atoms with Crippen molar-refractivity contribution in [2.24, 2.45) is 0 Å². The minimum atomic E-state index is -3.11. The molecule has 0 saturated carbocycles. The van der Waals surface area contributed by atoms with Crippen molar-refractivity contribution >= 4 is 60.7 Å². The molecule has 0 amide bonds. The maximum atomic E-state index is 10.7. The van der Waals surface area contributed by atoms with Crippen molar-refractivity contribution in [1.29, 1.82) is 0 Å². The quantitative estimate of drug-likeness (QED) is 0.0306. The normalized spacial score (nSPS) is 13.6. The second-order valence-corrected chi connectivity index (χ2v) is 16.5. The first kappa shape index (κ1) is 55.7. The summed E-state index contributed by atoms with van der Waals surface area (Å²) in [6.07, 6.45) is 0. The first-order valence-corrected chi connectivity index (χ1v) is 22.0. The molecule has 2 aliphatic heterocycles. The molecule has 0 fully saturated rings. The van der Waals surface area contributed by atoms with Crippen molar-refractivity contribution in [3.63, 3.8) is 0 Å². The van der Waals surface area contributed by atoms with Gasteiger partial charge in [-0.3, -0.25) is 20.2 Å². The standard InChI is InChI=1S/C23H29N2O4.C11H14BrNO4.C11H12N.K.O3S/c1-17-5-10-22-21(15-17)23(3,4)18(2)24(22)11-12-28-13-14-29-16-19-6-8-20(9-7-19)25(26)27;12-5-6-16-7-8-17-9-10-1-3-11(4-2-10)13(14)15;1-8-11(2,3)9-6-4-5-7-10(9)12-8;;1-4(2)3/h5-10,15H,11-14,16H2,1-4H3;1-4H,5-9H2;5-7H,1-3H3;;/q+1;;-1;+1;/p+1. The fourth-order valence-corrected chi connectivity index (χ4v) is 6.69. The van der Waals surface area contributed by atoms with E-state index >= 15 is 0 Å². The second-order valence-electron chi connectivity index (χ2n) is 15.3. The number of benzene rings is 4. The van der Waals surface area contributed by atoms with Crippen LogP contribution in [0.4, 0.5) is 22.7 Å². The molecule has 0 aliphatic carbocycles. The Morgan fingerprint density at radius 3 is 1.67 bits per heavy atom. The molecule has 2 aliphatic rings. The van der Waals surface area contributed by atoms with Crippen molar-refractivity contribution in [2.75, 3.05) is 51.5 Å². The second kappa shape index (κ2) is 27.8. The predicted molar refractivity (Wildman–Crippen MR) is 240 cm³/mol. The van der Waals surface area contributed by atoms with Gasteiger partial charge in [0, 0.05) is 60.5 Å². The summed E-state index contributed by atoms with van der Waals surface area (Å²) in [4.78, 5) is 23.6. The molecule has 0 unspecified atom stereocenters. The fourth-order valence-electron chi connectivity index (χ4n) is 6.46. The van der Waals surface area contributed by atoms with Crippen LogP contribution in [-0.2, 0) is 53.6 Å². The molecule has 1 N–H and O–H groups in total. The SMILES string of the molecule is CC1=[N+](CCOCCOCc2ccc([N+](=O)[O-])cc2)c2ccc(C)cc2C1(C)C.CC1=[NH+]c2cc[c-]cc2C1(C)C.O=S(=O)=O.O=[N+]([O-])c1ccc(COCCOCCBr)cc1.[K+]. The van der Waals surface area contributed by atoms with Crippen molar-refractivity contribution in [1.82, 2.24) is 0 Å². The van der Waals surface area contributed by atoms with Gasteiger partial charge in [0.15, 0.2) is 12.3 Å². The molecule has 18 heteroatoms. The summed E-state index contributed by atoms with van der Waals surface area (Å²) in [7, 11) is -3.11. The molecule has 4 aromatic rings. The van der Waals surface area contributed by atoms with Crippen LogP contribution in [0.2, 0.25) is 0 Å². The van der Waals surface area contributed by atoms with E-state index in [9.17, 15) is 20.2 Å². The smallest absolute Gasteiger partial charge is 0.378 e. The van der Waals surface area contributed by atoms with Crippen LogP contribution >= 0.6 is 15.9 Å². The molecular formula is C45H56BrKN4O11S+2. The van der Waals surface area contributed by atoms with Crippen LogP contribution in [0.1, 0.15) is 69.4 Å². The van der Waals surface area contributed by atoms with Crippen LogP contribution in [0.15, 0.2) is 84.9 Å². The van der Waals surface area contributed by atoms with Crippen LogP contribution in [0, 0.1) is 33.2 Å². The van der Waals surface area contributed by atoms with Gasteiger partial charge >= 0.3 is 62.0 Å². The van der Waals surface area contributed by atoms with Gasteiger partial charge in [-0.05, 0) is 62.2 Å². The average Bonchev–Trinajstić information content (AvgIpc) is 3.58. The van der Waals surface area contributed by atoms with E-state index in [1.54, 1.807) is 24.3 Å². The summed E-state index contributed by atoms with van der Waals surface area (Å²) in [6, 6.07) is 28.6. The predicted octanol–water partition coefficient (Wildman–Crippen LogP) is 4.01. The number of fused-ring (bicyclic) bond motifs is 2. The van der Waals surface area contributed by atoms with E-state index in [4.69, 9.17) is 31.6 Å². The molecule has 0 bridgehead atoms. The Kier molecular flexibility index (Phi) is 24.6. The van der Waals surface area contributed by atoms with E-state index in [2.05, 4.69) is 110 Å². The Morgan fingerprint density at radius 2 is 1.19 bits per heavy atom. The molecule has 4 aromatic carbocycles. The Hall–Kier alpha value is -3.40. The van der Waals surface area contributed by atoms with Gasteiger partial charge in [0.05, 0.1) is 61.5 Å². The van der Waals surface area contributed by atoms with Crippen LogP contribution in [0.3, 0.4) is 0 Å². The number of hydrogen-bond donors (Lipinski definition) is 1. The number of ether oxygens (including phenoxy) is 4. The third-order valence-corrected chi connectivity index (χ3v) is 10.8. The third-order valence-electron chi connectivity index (χ3n) is 10.5. The van der Waals surface area contributed by atoms with Crippen molar-refractivity contribution in [3.05, 3.63) is 139 Å². The molecule has 6 rings (SSSR count). The number of non-ortho nitro benzene ring substituents is 2. The summed E-state index contributed by atoms with van der Waals surface area (Å²) in [5.74, 6) is 0. The molecule has 0 radical (unpaired) electrons. The van der Waals surface area contributed by atoms with Gasteiger partial charge in [-0.2, -0.15) is 22.8 Å². The number of nitrogens with zero attached hydrogens (tertiary/aromatic N) is 3. The number of hydrogen-bond acceptors (Lipinski definition) is 11. The Labute approximate surface area is 422 Å². The summed E-state index contributed by atoms with van der Waals surface area (Å²) < 4.78 is 49.6. The van der Waals surface area contributed by atoms with Gasteiger partial charge in [0.2, 0.25) is 5.69 Å². The van der Waals surface area contributed by atoms with Gasteiger partial charge in [-0.25, -0.2) is 4.99 Å². The van der Waals surface area contributed by atoms with Crippen LogP contribution in [0.5, 0.6) is 0 Å². The third kappa shape index (κ3) is 17.8. The van der Waals surface area contributed by atoms with Crippen LogP contribution in [0.25, 0.3) is 0 Å². The average molecular weight is 980 g/mol. The van der Waals surface area contributed by atoms with Gasteiger partial charge in [0.25, 0.3) is 11.4 Å². The first-order valence-electron chi connectivity index (χ1n) is 19.8. The van der Waals surface area contributed by atoms with E-state index in [0.717, 1.165) is 23.0 Å². The molecule has 0 aromatic heterocycles. The molecule has 0 spiro atoms. The molecule has 2 heterocycles. The van der Waals surface area contributed by atoms with Gasteiger partial charge in [-0.1, -0.05) is 47.0 Å². The van der Waals surface area contributed by atoms with E-state index < -0.39 is 20.5 Å². The van der Waals surface area contributed by atoms with E-state index in [1.165, 1.54) is 63.8 Å². The Bertz CT molecular complexity index is 2280. The van der Waals surface area contributed by atoms with Gasteiger partial charge < -0.3 is 18.9 Å². The summed E-state index contributed by atoms with van der Waals surface area (Å²) >= 11 is 3.25. The largest absolute Gasteiger partial charge is 1.00 e. The zero-order valence-electron chi connectivity index (χ0n) is 37.3. The van der Waals surface area contributed by atoms with Crippen molar-refractivity contribution < 1.29 is 102 Å². The van der Waals surface area contributed by atoms with E-state index in [0.29, 0.717) is 52.9 Å². The minimum absolute atomic E-state index is 0. The first-order chi connectivity index (χ1) is 29.4. The number of nitro groups is 2. The zero-order chi connectivity index (χ0) is 45.9. The zero-order valence-corrected chi connectivity index (χ0v) is 42.8. The van der Waals surface area contributed by atoms with Crippen LogP contribution < -0.4 is 56.4 Å². The number of nitro benzene ring substituents is 2. The number of halogens is 1. The van der Waals surface area contributed by atoms with Crippen molar-refractivity contribution in [3.8, 4) is 0 Å². The summed E-state index contributed by atoms with van der Waals surface area (Å²) in [5, 5.41) is 21.9. The minimum Gasteiger partial charge on any atom is -0.378 e. The van der Waals surface area contributed by atoms with Crippen molar-refractivity contribution in [2.45, 2.75) is 72.5 Å². The maximum absolute atomic E-state index is 10.7. The number of rotatable bonds is 17.